The Balaban J connectivity index is 3.26. The molecule has 0 aliphatic rings. The van der Waals surface area contributed by atoms with Gasteiger partial charge in [0.25, 0.3) is 0 Å². The molecule has 0 aliphatic carbocycles. The van der Waals surface area contributed by atoms with Gasteiger partial charge in [-0.2, -0.15) is 0 Å². The van der Waals surface area contributed by atoms with Gasteiger partial charge in [0.1, 0.15) is 5.15 Å². The highest BCUT2D eigenvalue weighted by atomic mass is 35.5. The Morgan fingerprint density at radius 1 is 1.54 bits per heavy atom. The minimum absolute atomic E-state index is 0.00750. The SMILES string of the molecule is O=C(O)c1cnc(Cl)cc1B(O)O. The van der Waals surface area contributed by atoms with Gasteiger partial charge in [-0.15, -0.1) is 0 Å². The first-order valence-electron chi connectivity index (χ1n) is 3.27. The summed E-state index contributed by atoms with van der Waals surface area (Å²) in [7, 11) is -1.87. The number of hydrogen-bond acceptors (Lipinski definition) is 4. The van der Waals surface area contributed by atoms with Crippen molar-refractivity contribution in [3.05, 3.63) is 23.0 Å². The first kappa shape index (κ1) is 9.98. The molecule has 3 N–H and O–H groups in total. The van der Waals surface area contributed by atoms with Gasteiger partial charge in [0.05, 0.1) is 5.56 Å². The van der Waals surface area contributed by atoms with Crippen LogP contribution in [0.25, 0.3) is 0 Å². The van der Waals surface area contributed by atoms with E-state index in [1.54, 1.807) is 0 Å². The molecule has 5 nitrogen and oxygen atoms in total. The smallest absolute Gasteiger partial charge is 0.478 e. The van der Waals surface area contributed by atoms with Gasteiger partial charge in [0.2, 0.25) is 0 Å². The topological polar surface area (TPSA) is 90.7 Å². The van der Waals surface area contributed by atoms with Crippen molar-refractivity contribution in [2.75, 3.05) is 0 Å². The molecule has 68 valence electrons. The van der Waals surface area contributed by atoms with Crippen LogP contribution in [0.5, 0.6) is 0 Å². The van der Waals surface area contributed by atoms with Crippen LogP contribution in [0.2, 0.25) is 5.15 Å². The highest BCUT2D eigenvalue weighted by molar-refractivity contribution is 6.60. The normalized spacial score (nSPS) is 9.77. The summed E-state index contributed by atoms with van der Waals surface area (Å²) in [4.78, 5) is 14.0. The van der Waals surface area contributed by atoms with Crippen molar-refractivity contribution in [2.24, 2.45) is 0 Å². The van der Waals surface area contributed by atoms with Crippen LogP contribution in [0.1, 0.15) is 10.4 Å². The first-order chi connectivity index (χ1) is 6.02. The van der Waals surface area contributed by atoms with Crippen LogP contribution in [0.15, 0.2) is 12.3 Å². The van der Waals surface area contributed by atoms with Crippen molar-refractivity contribution in [2.45, 2.75) is 0 Å². The third kappa shape index (κ3) is 2.18. The number of aromatic carboxylic acids is 1. The van der Waals surface area contributed by atoms with Crippen molar-refractivity contribution >= 4 is 30.2 Å². The number of pyridine rings is 1. The molecule has 1 aromatic rings. The van der Waals surface area contributed by atoms with E-state index in [9.17, 15) is 4.79 Å². The van der Waals surface area contributed by atoms with E-state index in [0.29, 0.717) is 0 Å². The Bertz CT molecular complexity index is 343. The van der Waals surface area contributed by atoms with Crippen molar-refractivity contribution in [1.82, 2.24) is 4.98 Å². The molecule has 0 fully saturated rings. The van der Waals surface area contributed by atoms with Gasteiger partial charge >= 0.3 is 13.1 Å². The molecule has 0 aliphatic heterocycles. The van der Waals surface area contributed by atoms with Crippen LogP contribution in [0, 0.1) is 0 Å². The van der Waals surface area contributed by atoms with E-state index in [4.69, 9.17) is 26.8 Å². The molecule has 0 saturated heterocycles. The van der Waals surface area contributed by atoms with Crippen LogP contribution >= 0.6 is 11.6 Å². The average Bonchev–Trinajstić information content (AvgIpc) is 2.03. The molecule has 0 bridgehead atoms. The number of nitrogens with zero attached hydrogens (tertiary/aromatic N) is 1. The van der Waals surface area contributed by atoms with Crippen molar-refractivity contribution < 1.29 is 19.9 Å². The first-order valence-corrected chi connectivity index (χ1v) is 3.65. The molecule has 7 heteroatoms. The molecular formula is C6H5BClNO4. The Morgan fingerprint density at radius 2 is 2.15 bits per heavy atom. The van der Waals surface area contributed by atoms with Crippen molar-refractivity contribution in [1.29, 1.82) is 0 Å². The lowest BCUT2D eigenvalue weighted by Gasteiger charge is -2.03. The quantitative estimate of drug-likeness (QED) is 0.427. The van der Waals surface area contributed by atoms with Gasteiger partial charge in [-0.05, 0) is 6.07 Å². The number of aromatic nitrogens is 1. The summed E-state index contributed by atoms with van der Waals surface area (Å²) in [5.74, 6) is -1.28. The van der Waals surface area contributed by atoms with E-state index in [1.807, 2.05) is 0 Å². The Morgan fingerprint density at radius 3 is 2.62 bits per heavy atom. The molecule has 0 aromatic carbocycles. The zero-order chi connectivity index (χ0) is 10.0. The van der Waals surface area contributed by atoms with Gasteiger partial charge in [-0.25, -0.2) is 9.78 Å². The summed E-state index contributed by atoms with van der Waals surface area (Å²) in [5, 5.41) is 26.2. The third-order valence-corrected chi connectivity index (χ3v) is 1.62. The lowest BCUT2D eigenvalue weighted by atomic mass is 9.78. The zero-order valence-electron chi connectivity index (χ0n) is 6.31. The molecule has 1 rings (SSSR count). The summed E-state index contributed by atoms with van der Waals surface area (Å²) in [5.41, 5.74) is -0.452. The second-order valence-electron chi connectivity index (χ2n) is 2.27. The van der Waals surface area contributed by atoms with Crippen LogP contribution in [0.4, 0.5) is 0 Å². The summed E-state index contributed by atoms with van der Waals surface area (Å²) in [6.45, 7) is 0. The number of carboxylic acid groups (broad SMARTS) is 1. The Kier molecular flexibility index (Phi) is 2.87. The van der Waals surface area contributed by atoms with Crippen molar-refractivity contribution in [3.63, 3.8) is 0 Å². The standard InChI is InChI=1S/C6H5BClNO4/c8-5-1-4(7(12)13)3(2-9-5)6(10)11/h1-2,12-13H,(H,10,11). The van der Waals surface area contributed by atoms with Gasteiger partial charge in [-0.1, -0.05) is 11.6 Å². The lowest BCUT2D eigenvalue weighted by Crippen LogP contribution is -2.35. The second kappa shape index (κ2) is 3.74. The molecule has 0 atom stereocenters. The molecule has 0 radical (unpaired) electrons. The number of rotatable bonds is 2. The van der Waals surface area contributed by atoms with E-state index < -0.39 is 13.1 Å². The maximum Gasteiger partial charge on any atom is 0.489 e. The van der Waals surface area contributed by atoms with Gasteiger partial charge in [-0.3, -0.25) is 0 Å². The van der Waals surface area contributed by atoms with Crippen LogP contribution in [0.3, 0.4) is 0 Å². The number of halogens is 1. The maximum atomic E-state index is 10.5. The van der Waals surface area contributed by atoms with E-state index in [-0.39, 0.29) is 16.2 Å². The monoisotopic (exact) mass is 201 g/mol. The zero-order valence-corrected chi connectivity index (χ0v) is 7.06. The minimum Gasteiger partial charge on any atom is -0.478 e. The number of carboxylic acids is 1. The predicted octanol–water partition coefficient (Wildman–Crippen LogP) is -0.887. The summed E-state index contributed by atoms with van der Waals surface area (Å²) in [6.07, 6.45) is 0.972. The molecule has 1 aromatic heterocycles. The average molecular weight is 201 g/mol. The number of hydrogen-bond donors (Lipinski definition) is 3. The summed E-state index contributed by atoms with van der Waals surface area (Å²) in [6, 6.07) is 1.09. The third-order valence-electron chi connectivity index (χ3n) is 1.41. The van der Waals surface area contributed by atoms with Crippen LogP contribution < -0.4 is 5.46 Å². The molecule has 1 heterocycles. The Labute approximate surface area is 78.8 Å². The van der Waals surface area contributed by atoms with E-state index in [1.165, 1.54) is 0 Å². The fourth-order valence-electron chi connectivity index (χ4n) is 0.836. The van der Waals surface area contributed by atoms with E-state index in [0.717, 1.165) is 12.3 Å². The van der Waals surface area contributed by atoms with Gasteiger partial charge in [0, 0.05) is 11.7 Å². The molecular weight excluding hydrogens is 196 g/mol. The maximum absolute atomic E-state index is 10.5. The Hall–Kier alpha value is -1.11. The molecule has 0 amide bonds. The molecule has 0 spiro atoms. The largest absolute Gasteiger partial charge is 0.489 e. The fraction of sp³-hybridized carbons (Fsp3) is 0. The summed E-state index contributed by atoms with van der Waals surface area (Å²) >= 11 is 5.44. The molecule has 13 heavy (non-hydrogen) atoms. The number of carbonyl (C=O) groups is 1. The molecule has 0 unspecified atom stereocenters. The highest BCUT2D eigenvalue weighted by Gasteiger charge is 2.20. The van der Waals surface area contributed by atoms with E-state index in [2.05, 4.69) is 4.98 Å². The summed E-state index contributed by atoms with van der Waals surface area (Å²) < 4.78 is 0. The minimum atomic E-state index is -1.87. The van der Waals surface area contributed by atoms with Crippen LogP contribution in [-0.4, -0.2) is 33.2 Å². The fourth-order valence-corrected chi connectivity index (χ4v) is 1.00. The van der Waals surface area contributed by atoms with Gasteiger partial charge in [0.15, 0.2) is 0 Å². The second-order valence-corrected chi connectivity index (χ2v) is 2.66. The highest BCUT2D eigenvalue weighted by Crippen LogP contribution is 2.03. The molecule has 0 saturated carbocycles. The predicted molar refractivity (Wildman–Crippen MR) is 46.0 cm³/mol. The lowest BCUT2D eigenvalue weighted by molar-refractivity contribution is 0.0697. The van der Waals surface area contributed by atoms with E-state index >= 15 is 0 Å². The van der Waals surface area contributed by atoms with Gasteiger partial charge < -0.3 is 15.2 Å². The van der Waals surface area contributed by atoms with Crippen molar-refractivity contribution in [3.8, 4) is 0 Å². The van der Waals surface area contributed by atoms with Crippen LogP contribution in [-0.2, 0) is 0 Å².